The van der Waals surface area contributed by atoms with Gasteiger partial charge in [0.25, 0.3) is 0 Å². The lowest BCUT2D eigenvalue weighted by Crippen LogP contribution is -2.34. The SMILES string of the molecule is CC1(C)CCN(C(=O)CC2CCNCC2)C1.Cl. The van der Waals surface area contributed by atoms with Crippen LogP contribution in [0.15, 0.2) is 0 Å². The van der Waals surface area contributed by atoms with Crippen molar-refractivity contribution in [2.45, 2.75) is 39.5 Å². The first kappa shape index (κ1) is 14.8. The Kier molecular flexibility index (Phi) is 5.26. The zero-order valence-electron chi connectivity index (χ0n) is 11.0. The minimum absolute atomic E-state index is 0. The second-order valence-electron chi connectivity index (χ2n) is 6.13. The van der Waals surface area contributed by atoms with Gasteiger partial charge in [0.15, 0.2) is 0 Å². The van der Waals surface area contributed by atoms with Crippen LogP contribution >= 0.6 is 12.4 Å². The quantitative estimate of drug-likeness (QED) is 0.824. The number of hydrogen-bond acceptors (Lipinski definition) is 2. The van der Waals surface area contributed by atoms with E-state index >= 15 is 0 Å². The highest BCUT2D eigenvalue weighted by atomic mass is 35.5. The molecule has 2 saturated heterocycles. The number of piperidine rings is 1. The maximum absolute atomic E-state index is 12.1. The van der Waals surface area contributed by atoms with Gasteiger partial charge in [0.05, 0.1) is 0 Å². The van der Waals surface area contributed by atoms with Crippen LogP contribution < -0.4 is 5.32 Å². The van der Waals surface area contributed by atoms with E-state index in [1.165, 1.54) is 12.8 Å². The monoisotopic (exact) mass is 260 g/mol. The number of carbonyl (C=O) groups excluding carboxylic acids is 1. The molecule has 0 aromatic rings. The van der Waals surface area contributed by atoms with Gasteiger partial charge in [-0.05, 0) is 43.7 Å². The number of nitrogens with one attached hydrogen (secondary N) is 1. The molecule has 17 heavy (non-hydrogen) atoms. The van der Waals surface area contributed by atoms with Crippen LogP contribution in [0.25, 0.3) is 0 Å². The summed E-state index contributed by atoms with van der Waals surface area (Å²) < 4.78 is 0. The van der Waals surface area contributed by atoms with Gasteiger partial charge >= 0.3 is 0 Å². The third kappa shape index (κ3) is 4.14. The second-order valence-corrected chi connectivity index (χ2v) is 6.13. The molecule has 100 valence electrons. The topological polar surface area (TPSA) is 32.3 Å². The van der Waals surface area contributed by atoms with Crippen LogP contribution in [0.5, 0.6) is 0 Å². The Morgan fingerprint density at radius 3 is 2.53 bits per heavy atom. The summed E-state index contributed by atoms with van der Waals surface area (Å²) in [6.45, 7) is 8.61. The van der Waals surface area contributed by atoms with E-state index in [-0.39, 0.29) is 12.4 Å². The molecule has 0 spiro atoms. The average molecular weight is 261 g/mol. The molecule has 0 bridgehead atoms. The molecule has 2 fully saturated rings. The summed E-state index contributed by atoms with van der Waals surface area (Å²) in [5.74, 6) is 1.01. The molecule has 0 saturated carbocycles. The van der Waals surface area contributed by atoms with Gasteiger partial charge in [-0.15, -0.1) is 12.4 Å². The molecule has 0 aromatic heterocycles. The largest absolute Gasteiger partial charge is 0.342 e. The average Bonchev–Trinajstić information content (AvgIpc) is 2.60. The molecular formula is C13H25ClN2O. The molecule has 3 nitrogen and oxygen atoms in total. The molecule has 0 aliphatic carbocycles. The van der Waals surface area contributed by atoms with Crippen LogP contribution in [-0.2, 0) is 4.79 Å². The number of carbonyl (C=O) groups is 1. The first-order chi connectivity index (χ1) is 7.57. The zero-order valence-corrected chi connectivity index (χ0v) is 11.8. The molecule has 2 heterocycles. The zero-order chi connectivity index (χ0) is 11.6. The van der Waals surface area contributed by atoms with Gasteiger partial charge < -0.3 is 10.2 Å². The lowest BCUT2D eigenvalue weighted by atomic mass is 9.93. The van der Waals surface area contributed by atoms with E-state index in [2.05, 4.69) is 24.1 Å². The lowest BCUT2D eigenvalue weighted by molar-refractivity contribution is -0.131. The Morgan fingerprint density at radius 1 is 1.35 bits per heavy atom. The predicted molar refractivity (Wildman–Crippen MR) is 72.4 cm³/mol. The third-order valence-corrected chi connectivity index (χ3v) is 3.95. The minimum Gasteiger partial charge on any atom is -0.342 e. The number of hydrogen-bond donors (Lipinski definition) is 1. The van der Waals surface area contributed by atoms with E-state index in [9.17, 15) is 4.79 Å². The highest BCUT2D eigenvalue weighted by molar-refractivity contribution is 5.85. The Hall–Kier alpha value is -0.280. The Bertz CT molecular complexity index is 262. The lowest BCUT2D eigenvalue weighted by Gasteiger charge is -2.25. The molecule has 1 N–H and O–H groups in total. The normalized spacial score (nSPS) is 24.5. The summed E-state index contributed by atoms with van der Waals surface area (Å²) in [4.78, 5) is 14.2. The van der Waals surface area contributed by atoms with Gasteiger partial charge in [-0.3, -0.25) is 4.79 Å². The highest BCUT2D eigenvalue weighted by Gasteiger charge is 2.32. The molecule has 0 aromatic carbocycles. The smallest absolute Gasteiger partial charge is 0.222 e. The van der Waals surface area contributed by atoms with Crippen molar-refractivity contribution in [1.82, 2.24) is 10.2 Å². The molecule has 0 radical (unpaired) electrons. The molecular weight excluding hydrogens is 236 g/mol. The molecule has 2 aliphatic rings. The molecule has 4 heteroatoms. The molecule has 1 amide bonds. The number of amides is 1. The maximum atomic E-state index is 12.1. The summed E-state index contributed by atoms with van der Waals surface area (Å²) in [5.41, 5.74) is 0.337. The van der Waals surface area contributed by atoms with Gasteiger partial charge in [0.1, 0.15) is 0 Å². The van der Waals surface area contributed by atoms with Crippen molar-refractivity contribution >= 4 is 18.3 Å². The number of rotatable bonds is 2. The van der Waals surface area contributed by atoms with Crippen LogP contribution in [0, 0.1) is 11.3 Å². The van der Waals surface area contributed by atoms with Crippen molar-refractivity contribution in [3.8, 4) is 0 Å². The summed E-state index contributed by atoms with van der Waals surface area (Å²) >= 11 is 0. The summed E-state index contributed by atoms with van der Waals surface area (Å²) in [6, 6.07) is 0. The number of nitrogens with zero attached hydrogens (tertiary/aromatic N) is 1. The van der Waals surface area contributed by atoms with Crippen molar-refractivity contribution in [2.75, 3.05) is 26.2 Å². The van der Waals surface area contributed by atoms with Gasteiger partial charge in [0, 0.05) is 19.5 Å². The standard InChI is InChI=1S/C13H24N2O.ClH/c1-13(2)5-8-15(10-13)12(16)9-11-3-6-14-7-4-11;/h11,14H,3-10H2,1-2H3;1H. The van der Waals surface area contributed by atoms with Crippen LogP contribution in [0.4, 0.5) is 0 Å². The molecule has 2 aliphatic heterocycles. The minimum atomic E-state index is 0. The predicted octanol–water partition coefficient (Wildman–Crippen LogP) is 2.06. The Labute approximate surface area is 111 Å². The third-order valence-electron chi connectivity index (χ3n) is 3.95. The summed E-state index contributed by atoms with van der Waals surface area (Å²) in [7, 11) is 0. The highest BCUT2D eigenvalue weighted by Crippen LogP contribution is 2.30. The van der Waals surface area contributed by atoms with Gasteiger partial charge in [0.2, 0.25) is 5.91 Å². The van der Waals surface area contributed by atoms with Gasteiger partial charge in [-0.2, -0.15) is 0 Å². The summed E-state index contributed by atoms with van der Waals surface area (Å²) in [5, 5.41) is 3.35. The Morgan fingerprint density at radius 2 is 2.00 bits per heavy atom. The van der Waals surface area contributed by atoms with Crippen LogP contribution in [-0.4, -0.2) is 37.0 Å². The van der Waals surface area contributed by atoms with Crippen molar-refractivity contribution in [3.05, 3.63) is 0 Å². The van der Waals surface area contributed by atoms with Crippen molar-refractivity contribution in [3.63, 3.8) is 0 Å². The van der Waals surface area contributed by atoms with E-state index in [4.69, 9.17) is 0 Å². The van der Waals surface area contributed by atoms with Gasteiger partial charge in [-0.25, -0.2) is 0 Å². The first-order valence-corrected chi connectivity index (χ1v) is 6.55. The fraction of sp³-hybridized carbons (Fsp3) is 0.923. The van der Waals surface area contributed by atoms with Crippen molar-refractivity contribution in [2.24, 2.45) is 11.3 Å². The fourth-order valence-electron chi connectivity index (χ4n) is 2.79. The summed E-state index contributed by atoms with van der Waals surface area (Å²) in [6.07, 6.45) is 4.27. The van der Waals surface area contributed by atoms with E-state index in [1.807, 2.05) is 0 Å². The van der Waals surface area contributed by atoms with E-state index in [1.54, 1.807) is 0 Å². The van der Waals surface area contributed by atoms with Crippen LogP contribution in [0.1, 0.15) is 39.5 Å². The van der Waals surface area contributed by atoms with Gasteiger partial charge in [-0.1, -0.05) is 13.8 Å². The molecule has 0 atom stereocenters. The molecule has 0 unspecified atom stereocenters. The maximum Gasteiger partial charge on any atom is 0.222 e. The van der Waals surface area contributed by atoms with Crippen molar-refractivity contribution in [1.29, 1.82) is 0 Å². The van der Waals surface area contributed by atoms with E-state index in [0.717, 1.165) is 39.0 Å². The van der Waals surface area contributed by atoms with E-state index in [0.29, 0.717) is 17.2 Å². The van der Waals surface area contributed by atoms with E-state index < -0.39 is 0 Å². The molecule has 2 rings (SSSR count). The second kappa shape index (κ2) is 6.05. The fourth-order valence-corrected chi connectivity index (χ4v) is 2.79. The van der Waals surface area contributed by atoms with Crippen LogP contribution in [0.2, 0.25) is 0 Å². The van der Waals surface area contributed by atoms with Crippen molar-refractivity contribution < 1.29 is 4.79 Å². The number of likely N-dealkylation sites (tertiary alicyclic amines) is 1. The number of halogens is 1. The Balaban J connectivity index is 0.00000144. The van der Waals surface area contributed by atoms with Crippen LogP contribution in [0.3, 0.4) is 0 Å². The first-order valence-electron chi connectivity index (χ1n) is 6.55.